The second-order valence-electron chi connectivity index (χ2n) is 5.79. The third-order valence-corrected chi connectivity index (χ3v) is 4.35. The lowest BCUT2D eigenvalue weighted by atomic mass is 9.84. The predicted octanol–water partition coefficient (Wildman–Crippen LogP) is 4.60. The van der Waals surface area contributed by atoms with Gasteiger partial charge in [0.15, 0.2) is 0 Å². The highest BCUT2D eigenvalue weighted by molar-refractivity contribution is 5.96. The SMILES string of the molecule is O=C(Nc1ccccc1)C(c1ccccc1)C1CCCC1. The number of amides is 1. The minimum atomic E-state index is -0.0334. The van der Waals surface area contributed by atoms with E-state index in [2.05, 4.69) is 17.4 Å². The molecule has 0 heterocycles. The van der Waals surface area contributed by atoms with Gasteiger partial charge in [0.25, 0.3) is 0 Å². The first-order valence-electron chi connectivity index (χ1n) is 7.75. The average molecular weight is 279 g/mol. The molecule has 1 fully saturated rings. The van der Waals surface area contributed by atoms with Gasteiger partial charge in [-0.3, -0.25) is 4.79 Å². The number of anilines is 1. The van der Waals surface area contributed by atoms with Crippen LogP contribution < -0.4 is 5.32 Å². The topological polar surface area (TPSA) is 29.1 Å². The van der Waals surface area contributed by atoms with Gasteiger partial charge in [0, 0.05) is 5.69 Å². The largest absolute Gasteiger partial charge is 0.326 e. The Morgan fingerprint density at radius 2 is 1.48 bits per heavy atom. The van der Waals surface area contributed by atoms with E-state index >= 15 is 0 Å². The quantitative estimate of drug-likeness (QED) is 0.870. The number of para-hydroxylation sites is 1. The van der Waals surface area contributed by atoms with Crippen molar-refractivity contribution in [3.63, 3.8) is 0 Å². The number of benzene rings is 2. The summed E-state index contributed by atoms with van der Waals surface area (Å²) in [5.41, 5.74) is 2.01. The highest BCUT2D eigenvalue weighted by Crippen LogP contribution is 2.38. The van der Waals surface area contributed by atoms with Gasteiger partial charge in [-0.25, -0.2) is 0 Å². The predicted molar refractivity (Wildman–Crippen MR) is 86.2 cm³/mol. The van der Waals surface area contributed by atoms with E-state index in [1.807, 2.05) is 48.5 Å². The van der Waals surface area contributed by atoms with Crippen LogP contribution in [-0.4, -0.2) is 5.91 Å². The van der Waals surface area contributed by atoms with Crippen LogP contribution in [-0.2, 0) is 4.79 Å². The fourth-order valence-electron chi connectivity index (χ4n) is 3.33. The van der Waals surface area contributed by atoms with Crippen LogP contribution in [0.2, 0.25) is 0 Å². The van der Waals surface area contributed by atoms with E-state index in [-0.39, 0.29) is 11.8 Å². The number of rotatable bonds is 4. The first-order chi connectivity index (χ1) is 10.3. The Kier molecular flexibility index (Phi) is 4.34. The zero-order chi connectivity index (χ0) is 14.5. The molecule has 3 rings (SSSR count). The van der Waals surface area contributed by atoms with Crippen molar-refractivity contribution in [1.29, 1.82) is 0 Å². The van der Waals surface area contributed by atoms with Crippen LogP contribution in [0.25, 0.3) is 0 Å². The van der Waals surface area contributed by atoms with Crippen LogP contribution in [0.4, 0.5) is 5.69 Å². The van der Waals surface area contributed by atoms with E-state index < -0.39 is 0 Å². The molecule has 0 saturated heterocycles. The Labute approximate surface area is 126 Å². The van der Waals surface area contributed by atoms with Gasteiger partial charge in [-0.15, -0.1) is 0 Å². The molecule has 21 heavy (non-hydrogen) atoms. The molecule has 1 N–H and O–H groups in total. The molecule has 0 bridgehead atoms. The van der Waals surface area contributed by atoms with Crippen molar-refractivity contribution in [2.24, 2.45) is 5.92 Å². The Morgan fingerprint density at radius 1 is 0.905 bits per heavy atom. The smallest absolute Gasteiger partial charge is 0.232 e. The number of nitrogens with one attached hydrogen (secondary N) is 1. The summed E-state index contributed by atoms with van der Waals surface area (Å²) in [5.74, 6) is 0.560. The fraction of sp³-hybridized carbons (Fsp3) is 0.316. The molecule has 0 spiro atoms. The molecule has 0 aromatic heterocycles. The summed E-state index contributed by atoms with van der Waals surface area (Å²) in [6.07, 6.45) is 4.79. The van der Waals surface area contributed by atoms with Gasteiger partial charge in [0.1, 0.15) is 0 Å². The highest BCUT2D eigenvalue weighted by atomic mass is 16.1. The third kappa shape index (κ3) is 3.33. The molecule has 108 valence electrons. The number of hydrogen-bond acceptors (Lipinski definition) is 1. The summed E-state index contributed by atoms with van der Waals surface area (Å²) in [4.78, 5) is 12.8. The van der Waals surface area contributed by atoms with E-state index in [1.165, 1.54) is 12.8 Å². The molecule has 1 saturated carbocycles. The summed E-state index contributed by atoms with van der Waals surface area (Å²) < 4.78 is 0. The van der Waals surface area contributed by atoms with Gasteiger partial charge < -0.3 is 5.32 Å². The highest BCUT2D eigenvalue weighted by Gasteiger charge is 2.31. The van der Waals surface area contributed by atoms with E-state index in [1.54, 1.807) is 0 Å². The van der Waals surface area contributed by atoms with Crippen LogP contribution in [0, 0.1) is 5.92 Å². The van der Waals surface area contributed by atoms with Gasteiger partial charge in [-0.2, -0.15) is 0 Å². The molecule has 1 aliphatic rings. The first kappa shape index (κ1) is 13.9. The van der Waals surface area contributed by atoms with Crippen LogP contribution in [0.3, 0.4) is 0 Å². The van der Waals surface area contributed by atoms with Crippen LogP contribution in [0.15, 0.2) is 60.7 Å². The Bertz CT molecular complexity index is 573. The average Bonchev–Trinajstić information content (AvgIpc) is 3.03. The van der Waals surface area contributed by atoms with Crippen molar-refractivity contribution in [2.45, 2.75) is 31.6 Å². The van der Waals surface area contributed by atoms with Crippen LogP contribution in [0.1, 0.15) is 37.2 Å². The molecule has 1 aliphatic carbocycles. The Hall–Kier alpha value is -2.09. The number of hydrogen-bond donors (Lipinski definition) is 1. The van der Waals surface area contributed by atoms with Gasteiger partial charge in [-0.05, 0) is 36.5 Å². The van der Waals surface area contributed by atoms with Crippen molar-refractivity contribution in [3.8, 4) is 0 Å². The Balaban J connectivity index is 1.83. The zero-order valence-electron chi connectivity index (χ0n) is 12.2. The number of carbonyl (C=O) groups excluding carboxylic acids is 1. The molecule has 2 aromatic rings. The lowest BCUT2D eigenvalue weighted by Crippen LogP contribution is -2.26. The maximum atomic E-state index is 12.8. The summed E-state index contributed by atoms with van der Waals surface area (Å²) in [7, 11) is 0. The lowest BCUT2D eigenvalue weighted by Gasteiger charge is -2.23. The number of carbonyl (C=O) groups is 1. The minimum absolute atomic E-state index is 0.0334. The normalized spacial score (nSPS) is 16.6. The van der Waals surface area contributed by atoms with E-state index in [0.717, 1.165) is 24.1 Å². The molecule has 1 atom stereocenters. The van der Waals surface area contributed by atoms with Gasteiger partial charge in [-0.1, -0.05) is 61.4 Å². The monoisotopic (exact) mass is 279 g/mol. The summed E-state index contributed by atoms with van der Waals surface area (Å²) in [6.45, 7) is 0. The van der Waals surface area contributed by atoms with Crippen molar-refractivity contribution >= 4 is 11.6 Å². The van der Waals surface area contributed by atoms with Crippen LogP contribution in [0.5, 0.6) is 0 Å². The van der Waals surface area contributed by atoms with Crippen LogP contribution >= 0.6 is 0 Å². The lowest BCUT2D eigenvalue weighted by molar-refractivity contribution is -0.118. The second kappa shape index (κ2) is 6.57. The zero-order valence-corrected chi connectivity index (χ0v) is 12.2. The summed E-state index contributed by atoms with van der Waals surface area (Å²) in [5, 5.41) is 3.08. The maximum absolute atomic E-state index is 12.8. The fourth-order valence-corrected chi connectivity index (χ4v) is 3.33. The standard InChI is InChI=1S/C19H21NO/c21-19(20-17-13-5-2-6-14-17)18(16-11-7-8-12-16)15-9-3-1-4-10-15/h1-6,9-10,13-14,16,18H,7-8,11-12H2,(H,20,21). The molecular weight excluding hydrogens is 258 g/mol. The molecule has 1 unspecified atom stereocenters. The summed E-state index contributed by atoms with van der Waals surface area (Å²) >= 11 is 0. The van der Waals surface area contributed by atoms with Crippen molar-refractivity contribution in [3.05, 3.63) is 66.2 Å². The van der Waals surface area contributed by atoms with Crippen molar-refractivity contribution in [2.75, 3.05) is 5.32 Å². The Morgan fingerprint density at radius 3 is 2.10 bits per heavy atom. The minimum Gasteiger partial charge on any atom is -0.326 e. The van der Waals surface area contributed by atoms with E-state index in [0.29, 0.717) is 5.92 Å². The molecular formula is C19H21NO. The molecule has 2 nitrogen and oxygen atoms in total. The molecule has 0 radical (unpaired) electrons. The van der Waals surface area contributed by atoms with Crippen molar-refractivity contribution in [1.82, 2.24) is 0 Å². The molecule has 2 aromatic carbocycles. The third-order valence-electron chi connectivity index (χ3n) is 4.35. The van der Waals surface area contributed by atoms with Gasteiger partial charge >= 0.3 is 0 Å². The first-order valence-corrected chi connectivity index (χ1v) is 7.75. The van der Waals surface area contributed by atoms with E-state index in [9.17, 15) is 4.79 Å². The molecule has 0 aliphatic heterocycles. The van der Waals surface area contributed by atoms with E-state index in [4.69, 9.17) is 0 Å². The summed E-state index contributed by atoms with van der Waals surface area (Å²) in [6, 6.07) is 19.9. The second-order valence-corrected chi connectivity index (χ2v) is 5.79. The molecule has 2 heteroatoms. The maximum Gasteiger partial charge on any atom is 0.232 e. The van der Waals surface area contributed by atoms with Gasteiger partial charge in [0.2, 0.25) is 5.91 Å². The van der Waals surface area contributed by atoms with Gasteiger partial charge in [0.05, 0.1) is 5.92 Å². The molecule has 1 amide bonds. The van der Waals surface area contributed by atoms with Crippen molar-refractivity contribution < 1.29 is 4.79 Å².